The van der Waals surface area contributed by atoms with Gasteiger partial charge in [-0.3, -0.25) is 9.79 Å². The third-order valence-corrected chi connectivity index (χ3v) is 7.17. The van der Waals surface area contributed by atoms with E-state index in [1.165, 1.54) is 0 Å². The minimum absolute atomic E-state index is 0.108. The van der Waals surface area contributed by atoms with Crippen LogP contribution in [0.25, 0.3) is 0 Å². The molecule has 2 aliphatic heterocycles. The summed E-state index contributed by atoms with van der Waals surface area (Å²) in [6, 6.07) is 23.0. The molecule has 0 radical (unpaired) electrons. The SMILES string of the molecule is CN=C1/C(=C\N)C2(CCN(C(=O)c3ccc(OCc4ccccc4)cc3Cl)CC2)Oc2ccccc21. The molecule has 3 aromatic carbocycles. The first-order valence-corrected chi connectivity index (χ1v) is 12.4. The van der Waals surface area contributed by atoms with Crippen LogP contribution in [-0.2, 0) is 6.61 Å². The Balaban J connectivity index is 1.29. The number of likely N-dealkylation sites (tertiary alicyclic amines) is 1. The Kier molecular flexibility index (Phi) is 6.70. The molecule has 7 heteroatoms. The molecule has 184 valence electrons. The zero-order valence-electron chi connectivity index (χ0n) is 20.1. The third kappa shape index (κ3) is 4.44. The number of hydrogen-bond acceptors (Lipinski definition) is 5. The highest BCUT2D eigenvalue weighted by molar-refractivity contribution is 6.34. The molecule has 2 heterocycles. The lowest BCUT2D eigenvalue weighted by atomic mass is 9.78. The lowest BCUT2D eigenvalue weighted by Gasteiger charge is -2.46. The number of nitrogens with two attached hydrogens (primary N) is 1. The van der Waals surface area contributed by atoms with E-state index >= 15 is 0 Å². The highest BCUT2D eigenvalue weighted by Crippen LogP contribution is 2.43. The fourth-order valence-corrected chi connectivity index (χ4v) is 5.21. The summed E-state index contributed by atoms with van der Waals surface area (Å²) in [6.45, 7) is 1.46. The van der Waals surface area contributed by atoms with Crippen LogP contribution < -0.4 is 15.2 Å². The molecule has 2 N–H and O–H groups in total. The largest absolute Gasteiger partial charge is 0.489 e. The summed E-state index contributed by atoms with van der Waals surface area (Å²) in [7, 11) is 1.77. The second-order valence-electron chi connectivity index (χ2n) is 8.95. The maximum atomic E-state index is 13.3. The van der Waals surface area contributed by atoms with Crippen molar-refractivity contribution in [2.24, 2.45) is 10.7 Å². The standard InChI is InChI=1S/C29H28ClN3O3/c1-32-27-23-9-5-6-10-26(23)36-29(24(27)18-31)13-15-33(16-14-29)28(34)22-12-11-21(17-25(22)30)35-19-20-7-3-2-4-8-20/h2-12,17-18H,13-16,19,31H2,1H3/b24-18+,32-27?. The summed E-state index contributed by atoms with van der Waals surface area (Å²) in [5.74, 6) is 1.30. The lowest BCUT2D eigenvalue weighted by Crippen LogP contribution is -2.54. The van der Waals surface area contributed by atoms with Crippen molar-refractivity contribution in [2.75, 3.05) is 20.1 Å². The molecule has 36 heavy (non-hydrogen) atoms. The Morgan fingerprint density at radius 2 is 1.83 bits per heavy atom. The Hall–Kier alpha value is -3.77. The molecule has 0 bridgehead atoms. The fourth-order valence-electron chi connectivity index (χ4n) is 4.96. The number of nitrogens with zero attached hydrogens (tertiary/aromatic N) is 2. The van der Waals surface area contributed by atoms with Gasteiger partial charge in [0.2, 0.25) is 0 Å². The molecular formula is C29H28ClN3O3. The first-order valence-electron chi connectivity index (χ1n) is 12.0. The van der Waals surface area contributed by atoms with Crippen molar-refractivity contribution in [3.63, 3.8) is 0 Å². The van der Waals surface area contributed by atoms with Gasteiger partial charge in [-0.25, -0.2) is 0 Å². The molecule has 1 amide bonds. The second-order valence-corrected chi connectivity index (χ2v) is 9.36. The molecule has 1 fully saturated rings. The van der Waals surface area contributed by atoms with Crippen LogP contribution in [0.2, 0.25) is 5.02 Å². The quantitative estimate of drug-likeness (QED) is 0.530. The number of halogens is 1. The van der Waals surface area contributed by atoms with E-state index in [0.29, 0.717) is 48.9 Å². The summed E-state index contributed by atoms with van der Waals surface area (Å²) in [4.78, 5) is 19.7. The van der Waals surface area contributed by atoms with E-state index in [4.69, 9.17) is 26.8 Å². The molecule has 0 saturated carbocycles. The molecule has 0 aliphatic carbocycles. The van der Waals surface area contributed by atoms with Crippen molar-refractivity contribution < 1.29 is 14.3 Å². The number of carbonyl (C=O) groups excluding carboxylic acids is 1. The minimum atomic E-state index is -0.617. The molecule has 0 aromatic heterocycles. The molecule has 5 rings (SSSR count). The minimum Gasteiger partial charge on any atom is -0.489 e. The Morgan fingerprint density at radius 3 is 2.53 bits per heavy atom. The van der Waals surface area contributed by atoms with Crippen molar-refractivity contribution in [1.82, 2.24) is 4.90 Å². The van der Waals surface area contributed by atoms with Gasteiger partial charge in [-0.2, -0.15) is 0 Å². The van der Waals surface area contributed by atoms with E-state index in [2.05, 4.69) is 4.99 Å². The Morgan fingerprint density at radius 1 is 1.11 bits per heavy atom. The molecule has 6 nitrogen and oxygen atoms in total. The third-order valence-electron chi connectivity index (χ3n) is 6.86. The van der Waals surface area contributed by atoms with E-state index in [1.807, 2.05) is 59.5 Å². The number of ether oxygens (including phenoxy) is 2. The monoisotopic (exact) mass is 501 g/mol. The predicted molar refractivity (Wildman–Crippen MR) is 142 cm³/mol. The number of aliphatic imine (C=N–C) groups is 1. The molecule has 0 atom stereocenters. The number of fused-ring (bicyclic) bond motifs is 1. The second kappa shape index (κ2) is 10.1. The van der Waals surface area contributed by atoms with Crippen LogP contribution in [0.15, 0.2) is 89.6 Å². The zero-order chi connectivity index (χ0) is 25.1. The maximum Gasteiger partial charge on any atom is 0.255 e. The summed E-state index contributed by atoms with van der Waals surface area (Å²) < 4.78 is 12.4. The number of benzene rings is 3. The van der Waals surface area contributed by atoms with Crippen LogP contribution in [-0.4, -0.2) is 42.3 Å². The summed E-state index contributed by atoms with van der Waals surface area (Å²) in [5.41, 5.74) is 9.63. The number of carbonyl (C=O) groups is 1. The predicted octanol–water partition coefficient (Wildman–Crippen LogP) is 5.25. The Bertz CT molecular complexity index is 1330. The van der Waals surface area contributed by atoms with E-state index in [9.17, 15) is 4.79 Å². The summed E-state index contributed by atoms with van der Waals surface area (Å²) in [5, 5.41) is 0.372. The van der Waals surface area contributed by atoms with Crippen molar-refractivity contribution in [1.29, 1.82) is 0 Å². The van der Waals surface area contributed by atoms with E-state index < -0.39 is 5.60 Å². The van der Waals surface area contributed by atoms with E-state index in [0.717, 1.165) is 28.2 Å². The number of piperidine rings is 1. The van der Waals surface area contributed by atoms with Gasteiger partial charge < -0.3 is 20.1 Å². The van der Waals surface area contributed by atoms with Gasteiger partial charge in [0, 0.05) is 50.3 Å². The van der Waals surface area contributed by atoms with Gasteiger partial charge in [0.05, 0.1) is 16.3 Å². The van der Waals surface area contributed by atoms with Gasteiger partial charge in [0.15, 0.2) is 0 Å². The van der Waals surface area contributed by atoms with Gasteiger partial charge in [-0.1, -0.05) is 54.1 Å². The molecule has 1 saturated heterocycles. The smallest absolute Gasteiger partial charge is 0.255 e. The summed E-state index contributed by atoms with van der Waals surface area (Å²) >= 11 is 6.51. The zero-order valence-corrected chi connectivity index (χ0v) is 20.9. The maximum absolute atomic E-state index is 13.3. The lowest BCUT2D eigenvalue weighted by molar-refractivity contribution is 0.0285. The number of para-hydroxylation sites is 1. The van der Waals surface area contributed by atoms with Gasteiger partial charge in [0.1, 0.15) is 23.7 Å². The Labute approximate surface area is 216 Å². The van der Waals surface area contributed by atoms with E-state index in [1.54, 1.807) is 31.4 Å². The number of rotatable bonds is 4. The van der Waals surface area contributed by atoms with Crippen LogP contribution in [0.1, 0.15) is 34.3 Å². The molecular weight excluding hydrogens is 474 g/mol. The average molecular weight is 502 g/mol. The molecule has 3 aromatic rings. The van der Waals surface area contributed by atoms with Gasteiger partial charge in [-0.15, -0.1) is 0 Å². The average Bonchev–Trinajstić information content (AvgIpc) is 2.92. The van der Waals surface area contributed by atoms with Gasteiger partial charge in [0.25, 0.3) is 5.91 Å². The van der Waals surface area contributed by atoms with Crippen molar-refractivity contribution in [3.8, 4) is 11.5 Å². The van der Waals surface area contributed by atoms with Gasteiger partial charge in [-0.05, 0) is 35.9 Å². The first kappa shape index (κ1) is 23.9. The summed E-state index contributed by atoms with van der Waals surface area (Å²) in [6.07, 6.45) is 2.80. The highest BCUT2D eigenvalue weighted by atomic mass is 35.5. The van der Waals surface area contributed by atoms with Crippen LogP contribution in [0.4, 0.5) is 0 Å². The van der Waals surface area contributed by atoms with Crippen LogP contribution in [0, 0.1) is 0 Å². The normalized spacial score (nSPS) is 18.7. The fraction of sp³-hybridized carbons (Fsp3) is 0.241. The topological polar surface area (TPSA) is 77.2 Å². The van der Waals surface area contributed by atoms with Crippen molar-refractivity contribution >= 4 is 23.2 Å². The highest BCUT2D eigenvalue weighted by Gasteiger charge is 2.46. The molecule has 1 spiro atoms. The van der Waals surface area contributed by atoms with Crippen molar-refractivity contribution in [2.45, 2.75) is 25.0 Å². The number of amides is 1. The van der Waals surface area contributed by atoms with Crippen LogP contribution >= 0.6 is 11.6 Å². The number of hydrogen-bond donors (Lipinski definition) is 1. The molecule has 2 aliphatic rings. The van der Waals surface area contributed by atoms with Crippen LogP contribution in [0.5, 0.6) is 11.5 Å². The van der Waals surface area contributed by atoms with Crippen molar-refractivity contribution in [3.05, 3.63) is 106 Å². The molecule has 0 unspecified atom stereocenters. The van der Waals surface area contributed by atoms with Crippen LogP contribution in [0.3, 0.4) is 0 Å². The van der Waals surface area contributed by atoms with Gasteiger partial charge >= 0.3 is 0 Å². The van der Waals surface area contributed by atoms with E-state index in [-0.39, 0.29) is 5.91 Å². The first-order chi connectivity index (χ1) is 17.5.